The maximum absolute atomic E-state index is 13.6. The second-order valence-corrected chi connectivity index (χ2v) is 9.99. The number of nitrogens with zero attached hydrogens (tertiary/aromatic N) is 3. The minimum absolute atomic E-state index is 0.0423. The number of nitrogens with one attached hydrogen (secondary N) is 1. The normalized spacial score (nSPS) is 17.7. The molecule has 42 heavy (non-hydrogen) atoms. The number of fused-ring (bicyclic) bond motifs is 1. The van der Waals surface area contributed by atoms with E-state index < -0.39 is 35.3 Å². The lowest BCUT2D eigenvalue weighted by atomic mass is 9.77. The Morgan fingerprint density at radius 2 is 1.62 bits per heavy atom. The standard InChI is InChI=1S/C31H27F3N4O4/c1-19-16-20(2)37-29(36-19)42-27(28(40)41)30(22-8-4-3-5-9-22)24-10-6-7-11-25(24)38(26(39)17-35-30)18-21-12-14-23(15-13-21)31(32,33)34/h3-16,27,35H,17-18H2,1-2H3,(H,40,41)/t27-,30+/m1/s1. The van der Waals surface area contributed by atoms with Gasteiger partial charge in [0, 0.05) is 22.6 Å². The van der Waals surface area contributed by atoms with E-state index in [0.29, 0.717) is 33.8 Å². The number of carboxylic acid groups (broad SMARTS) is 1. The SMILES string of the molecule is Cc1cc(C)nc(O[C@H](C(=O)O)[C@@]2(c3ccccc3)NCC(=O)N(Cc3ccc(C(F)(F)F)cc3)c3ccccc32)n1. The molecule has 2 atom stereocenters. The summed E-state index contributed by atoms with van der Waals surface area (Å²) in [6.45, 7) is 3.13. The van der Waals surface area contributed by atoms with E-state index in [0.717, 1.165) is 12.1 Å². The molecule has 0 bridgehead atoms. The van der Waals surface area contributed by atoms with Crippen molar-refractivity contribution >= 4 is 17.6 Å². The highest BCUT2D eigenvalue weighted by Crippen LogP contribution is 2.42. The van der Waals surface area contributed by atoms with Crippen LogP contribution in [0.1, 0.15) is 33.6 Å². The van der Waals surface area contributed by atoms with Crippen molar-refractivity contribution in [2.24, 2.45) is 0 Å². The van der Waals surface area contributed by atoms with Gasteiger partial charge < -0.3 is 14.7 Å². The molecule has 2 N–H and O–H groups in total. The van der Waals surface area contributed by atoms with Gasteiger partial charge in [0.05, 0.1) is 18.7 Å². The summed E-state index contributed by atoms with van der Waals surface area (Å²) in [5.74, 6) is -1.74. The van der Waals surface area contributed by atoms with Crippen LogP contribution >= 0.6 is 0 Å². The molecular weight excluding hydrogens is 549 g/mol. The smallest absolute Gasteiger partial charge is 0.416 e. The third-order valence-corrected chi connectivity index (χ3v) is 7.09. The number of benzene rings is 3. The number of halogens is 3. The van der Waals surface area contributed by atoms with E-state index >= 15 is 0 Å². The van der Waals surface area contributed by atoms with E-state index in [1.54, 1.807) is 74.5 Å². The number of carbonyl (C=O) groups excluding carboxylic acids is 1. The summed E-state index contributed by atoms with van der Waals surface area (Å²) in [5.41, 5.74) is 0.554. The molecule has 1 aliphatic rings. The Kier molecular flexibility index (Phi) is 7.70. The first kappa shape index (κ1) is 28.7. The first-order chi connectivity index (χ1) is 20.0. The summed E-state index contributed by atoms with van der Waals surface area (Å²) in [6, 6.07) is 21.7. The average molecular weight is 577 g/mol. The minimum atomic E-state index is -4.49. The molecule has 0 radical (unpaired) electrons. The molecule has 1 aliphatic heterocycles. The molecule has 216 valence electrons. The lowest BCUT2D eigenvalue weighted by molar-refractivity contribution is -0.149. The van der Waals surface area contributed by atoms with Crippen molar-refractivity contribution in [2.45, 2.75) is 38.2 Å². The number of hydrogen-bond donors (Lipinski definition) is 2. The summed E-state index contributed by atoms with van der Waals surface area (Å²) < 4.78 is 45.5. The van der Waals surface area contributed by atoms with Crippen LogP contribution in [0.4, 0.5) is 18.9 Å². The molecule has 0 spiro atoms. The molecule has 11 heteroatoms. The zero-order chi connectivity index (χ0) is 30.1. The maximum Gasteiger partial charge on any atom is 0.416 e. The molecule has 3 aromatic carbocycles. The lowest BCUT2D eigenvalue weighted by Crippen LogP contribution is -2.58. The summed E-state index contributed by atoms with van der Waals surface area (Å²) in [7, 11) is 0. The Morgan fingerprint density at radius 1 is 1.00 bits per heavy atom. The number of alkyl halides is 3. The Morgan fingerprint density at radius 3 is 2.24 bits per heavy atom. The van der Waals surface area contributed by atoms with Crippen LogP contribution in [-0.2, 0) is 27.8 Å². The molecule has 1 amide bonds. The van der Waals surface area contributed by atoms with E-state index in [9.17, 15) is 27.9 Å². The number of rotatable bonds is 7. The van der Waals surface area contributed by atoms with Gasteiger partial charge in [-0.2, -0.15) is 13.2 Å². The second-order valence-electron chi connectivity index (χ2n) is 9.99. The van der Waals surface area contributed by atoms with Crippen molar-refractivity contribution in [3.8, 4) is 6.01 Å². The number of ether oxygens (including phenoxy) is 1. The molecule has 4 aromatic rings. The highest BCUT2D eigenvalue weighted by Gasteiger charge is 2.52. The minimum Gasteiger partial charge on any atom is -0.478 e. The van der Waals surface area contributed by atoms with Crippen molar-refractivity contribution in [1.82, 2.24) is 15.3 Å². The van der Waals surface area contributed by atoms with Gasteiger partial charge in [-0.3, -0.25) is 10.1 Å². The van der Waals surface area contributed by atoms with Crippen LogP contribution in [0.3, 0.4) is 0 Å². The number of aliphatic carboxylic acids is 1. The number of hydrogen-bond acceptors (Lipinski definition) is 6. The zero-order valence-electron chi connectivity index (χ0n) is 22.7. The Labute approximate surface area is 239 Å². The van der Waals surface area contributed by atoms with Crippen molar-refractivity contribution in [1.29, 1.82) is 0 Å². The average Bonchev–Trinajstić information content (AvgIpc) is 3.07. The first-order valence-corrected chi connectivity index (χ1v) is 13.1. The summed E-state index contributed by atoms with van der Waals surface area (Å²) in [6.07, 6.45) is -6.13. The quantitative estimate of drug-likeness (QED) is 0.318. The van der Waals surface area contributed by atoms with Gasteiger partial charge in [0.2, 0.25) is 12.0 Å². The fraction of sp³-hybridized carbons (Fsp3) is 0.226. The number of aryl methyl sites for hydroxylation is 2. The van der Waals surface area contributed by atoms with Crippen LogP contribution in [0, 0.1) is 13.8 Å². The summed E-state index contributed by atoms with van der Waals surface area (Å²) in [4.78, 5) is 36.7. The van der Waals surface area contributed by atoms with Gasteiger partial charge in [0.15, 0.2) is 0 Å². The van der Waals surface area contributed by atoms with Gasteiger partial charge >= 0.3 is 18.2 Å². The Bertz CT molecular complexity index is 1590. The molecule has 2 heterocycles. The molecule has 1 aromatic heterocycles. The van der Waals surface area contributed by atoms with Gasteiger partial charge in [-0.25, -0.2) is 14.8 Å². The lowest BCUT2D eigenvalue weighted by Gasteiger charge is -2.39. The van der Waals surface area contributed by atoms with Crippen LogP contribution in [0.15, 0.2) is 84.9 Å². The van der Waals surface area contributed by atoms with E-state index in [1.165, 1.54) is 17.0 Å². The summed E-state index contributed by atoms with van der Waals surface area (Å²) in [5, 5.41) is 13.8. The van der Waals surface area contributed by atoms with Gasteiger partial charge in [0.25, 0.3) is 0 Å². The fourth-order valence-corrected chi connectivity index (χ4v) is 5.26. The highest BCUT2D eigenvalue weighted by atomic mass is 19.4. The van der Waals surface area contributed by atoms with Crippen LogP contribution in [0.5, 0.6) is 6.01 Å². The van der Waals surface area contributed by atoms with Gasteiger partial charge in [-0.15, -0.1) is 0 Å². The Hall–Kier alpha value is -4.77. The van der Waals surface area contributed by atoms with Crippen LogP contribution < -0.4 is 15.0 Å². The monoisotopic (exact) mass is 576 g/mol. The maximum atomic E-state index is 13.6. The molecule has 0 fully saturated rings. The third-order valence-electron chi connectivity index (χ3n) is 7.09. The van der Waals surface area contributed by atoms with Crippen molar-refractivity contribution in [2.75, 3.05) is 11.4 Å². The van der Waals surface area contributed by atoms with Crippen molar-refractivity contribution in [3.63, 3.8) is 0 Å². The number of carboxylic acids is 1. The van der Waals surface area contributed by atoms with E-state index in [1.807, 2.05) is 0 Å². The number of anilines is 1. The molecule has 5 rings (SSSR count). The number of amides is 1. The molecule has 0 aliphatic carbocycles. The third kappa shape index (κ3) is 5.55. The second kappa shape index (κ2) is 11.2. The van der Waals surface area contributed by atoms with E-state index in [4.69, 9.17) is 4.74 Å². The zero-order valence-corrected chi connectivity index (χ0v) is 22.7. The van der Waals surface area contributed by atoms with Crippen LogP contribution in [0.2, 0.25) is 0 Å². The van der Waals surface area contributed by atoms with Crippen molar-refractivity contribution < 1.29 is 32.6 Å². The number of aromatic nitrogens is 2. The molecule has 0 unspecified atom stereocenters. The summed E-state index contributed by atoms with van der Waals surface area (Å²) >= 11 is 0. The molecular formula is C31H27F3N4O4. The van der Waals surface area contributed by atoms with Crippen LogP contribution in [0.25, 0.3) is 0 Å². The number of para-hydroxylation sites is 1. The predicted octanol–water partition coefficient (Wildman–Crippen LogP) is 5.02. The van der Waals surface area contributed by atoms with Gasteiger partial charge in [-0.1, -0.05) is 60.7 Å². The van der Waals surface area contributed by atoms with E-state index in [-0.39, 0.29) is 19.1 Å². The molecule has 8 nitrogen and oxygen atoms in total. The number of carbonyl (C=O) groups is 2. The highest BCUT2D eigenvalue weighted by molar-refractivity contribution is 5.97. The Balaban J connectivity index is 1.66. The van der Waals surface area contributed by atoms with E-state index in [2.05, 4.69) is 15.3 Å². The predicted molar refractivity (Wildman–Crippen MR) is 148 cm³/mol. The van der Waals surface area contributed by atoms with Crippen LogP contribution in [-0.4, -0.2) is 39.6 Å². The van der Waals surface area contributed by atoms with Crippen molar-refractivity contribution in [3.05, 3.63) is 119 Å². The largest absolute Gasteiger partial charge is 0.478 e. The fourth-order valence-electron chi connectivity index (χ4n) is 5.26. The molecule has 0 saturated carbocycles. The van der Waals surface area contributed by atoms with Gasteiger partial charge in [-0.05, 0) is 49.2 Å². The topological polar surface area (TPSA) is 105 Å². The van der Waals surface area contributed by atoms with Gasteiger partial charge in [0.1, 0.15) is 5.54 Å². The molecule has 0 saturated heterocycles. The first-order valence-electron chi connectivity index (χ1n) is 13.1.